The molecule has 0 bridgehead atoms. The van der Waals surface area contributed by atoms with Crippen LogP contribution in [0.3, 0.4) is 0 Å². The van der Waals surface area contributed by atoms with Gasteiger partial charge in [-0.25, -0.2) is 0 Å². The largest absolute Gasteiger partial charge is 0.497 e. The Morgan fingerprint density at radius 1 is 1.43 bits per heavy atom. The smallest absolute Gasteiger partial charge is 0.188 e. The minimum Gasteiger partial charge on any atom is -0.497 e. The summed E-state index contributed by atoms with van der Waals surface area (Å²) in [6.07, 6.45) is -0.833. The molecular weight excluding hydrogens is 270 g/mol. The molecular formula is C15H23N3O3. The maximum Gasteiger partial charge on any atom is 0.188 e. The number of aliphatic imine (C=N–C) groups is 1. The van der Waals surface area contributed by atoms with Crippen molar-refractivity contribution < 1.29 is 14.6 Å². The van der Waals surface area contributed by atoms with Crippen molar-refractivity contribution in [1.29, 1.82) is 0 Å². The fraction of sp³-hybridized carbons (Fsp3) is 0.400. The fourth-order valence-electron chi connectivity index (χ4n) is 1.68. The monoisotopic (exact) mass is 293 g/mol. The molecule has 0 radical (unpaired) electrons. The zero-order valence-corrected chi connectivity index (χ0v) is 12.7. The lowest BCUT2D eigenvalue weighted by molar-refractivity contribution is 0.182. The van der Waals surface area contributed by atoms with E-state index < -0.39 is 6.10 Å². The summed E-state index contributed by atoms with van der Waals surface area (Å²) in [5, 5.41) is 13.1. The molecule has 0 aliphatic heterocycles. The van der Waals surface area contributed by atoms with Crippen LogP contribution in [-0.2, 0) is 0 Å². The van der Waals surface area contributed by atoms with E-state index in [1.807, 2.05) is 6.92 Å². The van der Waals surface area contributed by atoms with Gasteiger partial charge in [-0.1, -0.05) is 12.2 Å². The number of aliphatic hydroxyl groups excluding tert-OH is 1. The van der Waals surface area contributed by atoms with Crippen molar-refractivity contribution >= 4 is 5.96 Å². The number of guanidine groups is 1. The van der Waals surface area contributed by atoms with E-state index in [9.17, 15) is 5.11 Å². The number of nitrogens with two attached hydrogens (primary N) is 1. The first-order chi connectivity index (χ1) is 9.97. The first-order valence-electron chi connectivity index (χ1n) is 6.56. The van der Waals surface area contributed by atoms with E-state index >= 15 is 0 Å². The van der Waals surface area contributed by atoms with Gasteiger partial charge < -0.3 is 25.6 Å². The normalized spacial score (nSPS) is 12.7. The molecule has 6 heteroatoms. The summed E-state index contributed by atoms with van der Waals surface area (Å²) in [4.78, 5) is 4.10. The van der Waals surface area contributed by atoms with Crippen LogP contribution in [-0.4, -0.2) is 38.4 Å². The Morgan fingerprint density at radius 2 is 2.14 bits per heavy atom. The molecule has 1 aromatic rings. The molecule has 0 spiro atoms. The molecule has 1 atom stereocenters. The van der Waals surface area contributed by atoms with Crippen LogP contribution >= 0.6 is 0 Å². The van der Waals surface area contributed by atoms with Crippen LogP contribution in [0.2, 0.25) is 0 Å². The van der Waals surface area contributed by atoms with Crippen molar-refractivity contribution in [3.63, 3.8) is 0 Å². The molecule has 0 amide bonds. The van der Waals surface area contributed by atoms with Gasteiger partial charge in [-0.2, -0.15) is 0 Å². The first-order valence-corrected chi connectivity index (χ1v) is 6.56. The minimum absolute atomic E-state index is 0.124. The van der Waals surface area contributed by atoms with Crippen LogP contribution in [0.5, 0.6) is 11.5 Å². The van der Waals surface area contributed by atoms with Gasteiger partial charge in [0.2, 0.25) is 0 Å². The van der Waals surface area contributed by atoms with E-state index in [1.54, 1.807) is 32.4 Å². The highest BCUT2D eigenvalue weighted by atomic mass is 16.5. The molecule has 116 valence electrons. The standard InChI is InChI=1S/C15H23N3O3/c1-10(2)8-17-15(16)18-9-13(19)12-7-11(20-3)5-6-14(12)21-4/h5-7,13,19H,1,8-9H2,2-4H3,(H3,16,17,18). The second kappa shape index (κ2) is 8.16. The van der Waals surface area contributed by atoms with Gasteiger partial charge in [0.15, 0.2) is 5.96 Å². The molecule has 0 aromatic heterocycles. The molecule has 0 saturated carbocycles. The summed E-state index contributed by atoms with van der Waals surface area (Å²) >= 11 is 0. The summed E-state index contributed by atoms with van der Waals surface area (Å²) in [6.45, 7) is 6.32. The highest BCUT2D eigenvalue weighted by molar-refractivity contribution is 5.78. The molecule has 1 unspecified atom stereocenters. The van der Waals surface area contributed by atoms with E-state index in [-0.39, 0.29) is 12.5 Å². The van der Waals surface area contributed by atoms with Crippen LogP contribution < -0.4 is 20.5 Å². The van der Waals surface area contributed by atoms with Gasteiger partial charge in [-0.05, 0) is 25.1 Å². The lowest BCUT2D eigenvalue weighted by atomic mass is 10.1. The SMILES string of the molecule is C=C(C)CNC(N)=NCC(O)c1cc(OC)ccc1OC. The summed E-state index contributed by atoms with van der Waals surface area (Å²) < 4.78 is 10.4. The molecule has 0 aliphatic carbocycles. The van der Waals surface area contributed by atoms with Gasteiger partial charge in [0.25, 0.3) is 0 Å². The third-order valence-corrected chi connectivity index (χ3v) is 2.80. The van der Waals surface area contributed by atoms with Crippen LogP contribution in [0.25, 0.3) is 0 Å². The van der Waals surface area contributed by atoms with Gasteiger partial charge in [-0.3, -0.25) is 4.99 Å². The maximum atomic E-state index is 10.2. The Morgan fingerprint density at radius 3 is 2.71 bits per heavy atom. The van der Waals surface area contributed by atoms with Crippen molar-refractivity contribution in [1.82, 2.24) is 5.32 Å². The van der Waals surface area contributed by atoms with Gasteiger partial charge in [0.1, 0.15) is 17.6 Å². The quantitative estimate of drug-likeness (QED) is 0.399. The zero-order chi connectivity index (χ0) is 15.8. The number of nitrogens with zero attached hydrogens (tertiary/aromatic N) is 1. The summed E-state index contributed by atoms with van der Waals surface area (Å²) in [5.74, 6) is 1.48. The minimum atomic E-state index is -0.833. The van der Waals surface area contributed by atoms with E-state index in [1.165, 1.54) is 0 Å². The van der Waals surface area contributed by atoms with Crippen LogP contribution in [0.15, 0.2) is 35.3 Å². The zero-order valence-electron chi connectivity index (χ0n) is 12.7. The Balaban J connectivity index is 2.76. The molecule has 4 N–H and O–H groups in total. The topological polar surface area (TPSA) is 89.1 Å². The fourth-order valence-corrected chi connectivity index (χ4v) is 1.68. The van der Waals surface area contributed by atoms with E-state index in [2.05, 4.69) is 16.9 Å². The predicted octanol–water partition coefficient (Wildman–Crippen LogP) is 1.22. The Hall–Kier alpha value is -2.21. The second-order valence-electron chi connectivity index (χ2n) is 4.66. The van der Waals surface area contributed by atoms with Crippen molar-refractivity contribution in [2.45, 2.75) is 13.0 Å². The van der Waals surface area contributed by atoms with E-state index in [0.29, 0.717) is 23.6 Å². The first kappa shape index (κ1) is 16.8. The van der Waals surface area contributed by atoms with Crippen molar-refractivity contribution in [2.75, 3.05) is 27.3 Å². The molecule has 1 rings (SSSR count). The Kier molecular flexibility index (Phi) is 6.55. The summed E-state index contributed by atoms with van der Waals surface area (Å²) in [5.41, 5.74) is 7.26. The van der Waals surface area contributed by atoms with Crippen LogP contribution in [0.4, 0.5) is 0 Å². The van der Waals surface area contributed by atoms with Crippen LogP contribution in [0.1, 0.15) is 18.6 Å². The molecule has 0 fully saturated rings. The number of hydrogen-bond donors (Lipinski definition) is 3. The number of ether oxygens (including phenoxy) is 2. The number of rotatable bonds is 7. The maximum absolute atomic E-state index is 10.2. The third kappa shape index (κ3) is 5.35. The Labute approximate surface area is 125 Å². The number of hydrogen-bond acceptors (Lipinski definition) is 4. The number of aliphatic hydroxyl groups is 1. The lowest BCUT2D eigenvalue weighted by Crippen LogP contribution is -2.33. The highest BCUT2D eigenvalue weighted by Gasteiger charge is 2.14. The van der Waals surface area contributed by atoms with Gasteiger partial charge in [0.05, 0.1) is 20.8 Å². The number of benzene rings is 1. The highest BCUT2D eigenvalue weighted by Crippen LogP contribution is 2.29. The summed E-state index contributed by atoms with van der Waals surface area (Å²) in [7, 11) is 3.11. The van der Waals surface area contributed by atoms with Crippen molar-refractivity contribution in [2.24, 2.45) is 10.7 Å². The average Bonchev–Trinajstić information content (AvgIpc) is 2.49. The van der Waals surface area contributed by atoms with E-state index in [0.717, 1.165) is 5.57 Å². The van der Waals surface area contributed by atoms with E-state index in [4.69, 9.17) is 15.2 Å². The van der Waals surface area contributed by atoms with Gasteiger partial charge in [-0.15, -0.1) is 0 Å². The molecule has 1 aromatic carbocycles. The lowest BCUT2D eigenvalue weighted by Gasteiger charge is -2.15. The van der Waals surface area contributed by atoms with Gasteiger partial charge in [0, 0.05) is 12.1 Å². The van der Waals surface area contributed by atoms with Crippen LogP contribution in [0, 0.1) is 0 Å². The van der Waals surface area contributed by atoms with Crippen molar-refractivity contribution in [3.05, 3.63) is 35.9 Å². The molecule has 21 heavy (non-hydrogen) atoms. The number of nitrogens with one attached hydrogen (secondary N) is 1. The third-order valence-electron chi connectivity index (χ3n) is 2.80. The number of methoxy groups -OCH3 is 2. The molecule has 0 heterocycles. The summed E-state index contributed by atoms with van der Waals surface area (Å²) in [6, 6.07) is 5.22. The second-order valence-corrected chi connectivity index (χ2v) is 4.66. The molecule has 6 nitrogen and oxygen atoms in total. The molecule has 0 aliphatic rings. The predicted molar refractivity (Wildman–Crippen MR) is 83.8 cm³/mol. The molecule has 0 saturated heterocycles. The Bertz CT molecular complexity index is 515. The van der Waals surface area contributed by atoms with Gasteiger partial charge >= 0.3 is 0 Å². The average molecular weight is 293 g/mol. The van der Waals surface area contributed by atoms with Crippen molar-refractivity contribution in [3.8, 4) is 11.5 Å².